The van der Waals surface area contributed by atoms with E-state index in [1.54, 1.807) is 0 Å². The van der Waals surface area contributed by atoms with Crippen molar-refractivity contribution < 1.29 is 4.79 Å². The summed E-state index contributed by atoms with van der Waals surface area (Å²) < 4.78 is 0. The van der Waals surface area contributed by atoms with Crippen LogP contribution in [-0.4, -0.2) is 27.6 Å². The highest BCUT2D eigenvalue weighted by Gasteiger charge is 2.25. The Kier molecular flexibility index (Phi) is 6.70. The molecule has 2 rings (SSSR count). The highest BCUT2D eigenvalue weighted by Crippen LogP contribution is 2.31. The van der Waals surface area contributed by atoms with E-state index in [1.807, 2.05) is 0 Å². The highest BCUT2D eigenvalue weighted by molar-refractivity contribution is 5.78. The van der Waals surface area contributed by atoms with E-state index in [4.69, 9.17) is 0 Å². The van der Waals surface area contributed by atoms with E-state index in [-0.39, 0.29) is 11.8 Å². The Morgan fingerprint density at radius 2 is 2.14 bits per heavy atom. The van der Waals surface area contributed by atoms with Crippen molar-refractivity contribution in [1.82, 2.24) is 20.5 Å². The van der Waals surface area contributed by atoms with Crippen LogP contribution in [0.15, 0.2) is 6.33 Å². The van der Waals surface area contributed by atoms with Gasteiger partial charge in [0.05, 0.1) is 0 Å². The maximum Gasteiger partial charge on any atom is 0.223 e. The topological polar surface area (TPSA) is 70.7 Å². The van der Waals surface area contributed by atoms with Gasteiger partial charge in [-0.3, -0.25) is 9.89 Å². The molecular formula is C16H28N4O. The van der Waals surface area contributed by atoms with Crippen LogP contribution in [0.5, 0.6) is 0 Å². The second-order valence-electron chi connectivity index (χ2n) is 6.19. The fraction of sp³-hybridized carbons (Fsp3) is 0.812. The molecule has 1 amide bonds. The summed E-state index contributed by atoms with van der Waals surface area (Å²) in [5.41, 5.74) is 0. The molecule has 0 radical (unpaired) electrons. The lowest BCUT2D eigenvalue weighted by Crippen LogP contribution is -2.34. The predicted octanol–water partition coefficient (Wildman–Crippen LogP) is 2.85. The number of H-pyrrole nitrogens is 1. The molecule has 0 aliphatic heterocycles. The monoisotopic (exact) mass is 292 g/mol. The van der Waals surface area contributed by atoms with Gasteiger partial charge in [0.15, 0.2) is 0 Å². The summed E-state index contributed by atoms with van der Waals surface area (Å²) >= 11 is 0. The van der Waals surface area contributed by atoms with Crippen LogP contribution in [0.4, 0.5) is 0 Å². The number of unbranched alkanes of at least 4 members (excludes halogenated alkanes) is 1. The van der Waals surface area contributed by atoms with Crippen LogP contribution >= 0.6 is 0 Å². The van der Waals surface area contributed by atoms with E-state index in [0.29, 0.717) is 0 Å². The standard InChI is InChI=1S/C16H28N4O/c1-2-3-5-13-7-9-14(10-8-13)16(21)17-11-4-6-15-18-12-19-20-15/h12-14H,2-11H2,1H3,(H,17,21)(H,18,19,20). The Hall–Kier alpha value is -1.39. The van der Waals surface area contributed by atoms with Crippen LogP contribution in [0.1, 0.15) is 64.1 Å². The maximum atomic E-state index is 12.1. The van der Waals surface area contributed by atoms with Gasteiger partial charge in [0.25, 0.3) is 0 Å². The van der Waals surface area contributed by atoms with Crippen molar-refractivity contribution in [2.45, 2.75) is 64.7 Å². The van der Waals surface area contributed by atoms with Gasteiger partial charge in [-0.25, -0.2) is 4.98 Å². The van der Waals surface area contributed by atoms with E-state index < -0.39 is 0 Å². The summed E-state index contributed by atoms with van der Waals surface area (Å²) in [6, 6.07) is 0. The van der Waals surface area contributed by atoms with Crippen molar-refractivity contribution in [3.63, 3.8) is 0 Å². The fourth-order valence-corrected chi connectivity index (χ4v) is 3.17. The Labute approximate surface area is 127 Å². The third kappa shape index (κ3) is 5.48. The van der Waals surface area contributed by atoms with Gasteiger partial charge in [0.2, 0.25) is 5.91 Å². The average Bonchev–Trinajstić information content (AvgIpc) is 3.03. The van der Waals surface area contributed by atoms with Gasteiger partial charge in [0, 0.05) is 18.9 Å². The quantitative estimate of drug-likeness (QED) is 0.724. The van der Waals surface area contributed by atoms with E-state index in [9.17, 15) is 4.79 Å². The second-order valence-corrected chi connectivity index (χ2v) is 6.19. The number of carbonyl (C=O) groups is 1. The normalized spacial score (nSPS) is 22.1. The average molecular weight is 292 g/mol. The maximum absolute atomic E-state index is 12.1. The lowest BCUT2D eigenvalue weighted by Gasteiger charge is -2.27. The first kappa shape index (κ1) is 16.0. The number of hydrogen-bond donors (Lipinski definition) is 2. The van der Waals surface area contributed by atoms with Crippen LogP contribution in [0.2, 0.25) is 0 Å². The number of hydrogen-bond acceptors (Lipinski definition) is 3. The molecule has 1 aliphatic carbocycles. The Morgan fingerprint density at radius 1 is 1.33 bits per heavy atom. The van der Waals surface area contributed by atoms with Crippen molar-refractivity contribution in [3.05, 3.63) is 12.2 Å². The van der Waals surface area contributed by atoms with Crippen LogP contribution < -0.4 is 5.32 Å². The van der Waals surface area contributed by atoms with Crippen LogP contribution in [0.25, 0.3) is 0 Å². The lowest BCUT2D eigenvalue weighted by molar-refractivity contribution is -0.126. The number of amides is 1. The molecule has 0 aromatic carbocycles. The van der Waals surface area contributed by atoms with Gasteiger partial charge in [-0.15, -0.1) is 0 Å². The van der Waals surface area contributed by atoms with Crippen LogP contribution in [0, 0.1) is 11.8 Å². The number of aryl methyl sites for hydroxylation is 1. The minimum atomic E-state index is 0.244. The minimum absolute atomic E-state index is 0.244. The van der Waals surface area contributed by atoms with Crippen molar-refractivity contribution in [2.75, 3.05) is 6.54 Å². The molecule has 1 fully saturated rings. The number of carbonyl (C=O) groups excluding carboxylic acids is 1. The molecule has 5 nitrogen and oxygen atoms in total. The van der Waals surface area contributed by atoms with Gasteiger partial charge in [0.1, 0.15) is 12.2 Å². The van der Waals surface area contributed by atoms with E-state index in [1.165, 1.54) is 38.4 Å². The summed E-state index contributed by atoms with van der Waals surface area (Å²) in [6.07, 6.45) is 11.8. The molecule has 2 N–H and O–H groups in total. The van der Waals surface area contributed by atoms with E-state index in [2.05, 4.69) is 27.4 Å². The first-order chi connectivity index (χ1) is 10.3. The number of aromatic amines is 1. The van der Waals surface area contributed by atoms with E-state index in [0.717, 1.165) is 44.0 Å². The van der Waals surface area contributed by atoms with Crippen molar-refractivity contribution in [1.29, 1.82) is 0 Å². The summed E-state index contributed by atoms with van der Waals surface area (Å²) in [4.78, 5) is 16.2. The molecular weight excluding hydrogens is 264 g/mol. The molecule has 0 saturated heterocycles. The second kappa shape index (κ2) is 8.80. The molecule has 0 spiro atoms. The number of nitrogens with one attached hydrogen (secondary N) is 2. The van der Waals surface area contributed by atoms with Gasteiger partial charge in [-0.1, -0.05) is 26.2 Å². The number of nitrogens with zero attached hydrogens (tertiary/aromatic N) is 2. The zero-order valence-corrected chi connectivity index (χ0v) is 13.1. The van der Waals surface area contributed by atoms with Gasteiger partial charge < -0.3 is 5.32 Å². The summed E-state index contributed by atoms with van der Waals surface area (Å²) in [5, 5.41) is 9.72. The summed E-state index contributed by atoms with van der Waals surface area (Å²) in [5.74, 6) is 2.25. The van der Waals surface area contributed by atoms with Gasteiger partial charge >= 0.3 is 0 Å². The Bertz CT molecular complexity index is 396. The highest BCUT2D eigenvalue weighted by atomic mass is 16.1. The van der Waals surface area contributed by atoms with Crippen LogP contribution in [-0.2, 0) is 11.2 Å². The molecule has 1 aromatic rings. The van der Waals surface area contributed by atoms with E-state index >= 15 is 0 Å². The summed E-state index contributed by atoms with van der Waals surface area (Å²) in [6.45, 7) is 2.98. The molecule has 0 atom stereocenters. The molecule has 1 aromatic heterocycles. The molecule has 118 valence electrons. The minimum Gasteiger partial charge on any atom is -0.356 e. The molecule has 1 aliphatic rings. The SMILES string of the molecule is CCCCC1CCC(C(=O)NCCCc2ncn[nH]2)CC1. The third-order valence-corrected chi connectivity index (χ3v) is 4.54. The van der Waals surface area contributed by atoms with Crippen molar-refractivity contribution in [2.24, 2.45) is 11.8 Å². The molecule has 5 heteroatoms. The smallest absolute Gasteiger partial charge is 0.223 e. The zero-order valence-electron chi connectivity index (χ0n) is 13.1. The first-order valence-electron chi connectivity index (χ1n) is 8.41. The first-order valence-corrected chi connectivity index (χ1v) is 8.41. The largest absolute Gasteiger partial charge is 0.356 e. The third-order valence-electron chi connectivity index (χ3n) is 4.54. The molecule has 1 saturated carbocycles. The Morgan fingerprint density at radius 3 is 2.81 bits per heavy atom. The number of rotatable bonds is 8. The lowest BCUT2D eigenvalue weighted by atomic mass is 9.79. The molecule has 21 heavy (non-hydrogen) atoms. The predicted molar refractivity (Wildman–Crippen MR) is 82.7 cm³/mol. The molecule has 0 unspecified atom stereocenters. The fourth-order valence-electron chi connectivity index (χ4n) is 3.17. The molecule has 0 bridgehead atoms. The zero-order chi connectivity index (χ0) is 14.9. The summed E-state index contributed by atoms with van der Waals surface area (Å²) in [7, 11) is 0. The van der Waals surface area contributed by atoms with Crippen LogP contribution in [0.3, 0.4) is 0 Å². The number of aromatic nitrogens is 3. The van der Waals surface area contributed by atoms with Crippen molar-refractivity contribution >= 4 is 5.91 Å². The molecule has 1 heterocycles. The van der Waals surface area contributed by atoms with Gasteiger partial charge in [-0.05, 0) is 38.0 Å². The van der Waals surface area contributed by atoms with Crippen molar-refractivity contribution in [3.8, 4) is 0 Å². The Balaban J connectivity index is 1.57. The van der Waals surface area contributed by atoms with Gasteiger partial charge in [-0.2, -0.15) is 5.10 Å².